The van der Waals surface area contributed by atoms with Gasteiger partial charge in [-0.05, 0) is 36.8 Å². The molecule has 3 aromatic rings. The summed E-state index contributed by atoms with van der Waals surface area (Å²) in [6.45, 7) is -3.18. The number of pyridine rings is 2. The molecule has 0 N–H and O–H groups in total. The molecule has 0 saturated carbocycles. The van der Waals surface area contributed by atoms with Crippen LogP contribution in [0.5, 0.6) is 11.5 Å². The van der Waals surface area contributed by atoms with Crippen molar-refractivity contribution in [2.75, 3.05) is 11.5 Å². The molecule has 0 saturated heterocycles. The van der Waals surface area contributed by atoms with E-state index in [-0.39, 0.29) is 40.7 Å². The van der Waals surface area contributed by atoms with Gasteiger partial charge in [0.1, 0.15) is 23.1 Å². The summed E-state index contributed by atoms with van der Waals surface area (Å²) in [7, 11) is 0. The Bertz CT molecular complexity index is 1250. The first-order valence-electron chi connectivity index (χ1n) is 9.74. The monoisotopic (exact) mass is 483 g/mol. The first-order chi connectivity index (χ1) is 16.0. The smallest absolute Gasteiger partial charge is 0.422 e. The molecule has 1 aromatic carbocycles. The average Bonchev–Trinajstić information content (AvgIpc) is 3.08. The summed E-state index contributed by atoms with van der Waals surface area (Å²) in [5.74, 6) is -1.66. The van der Waals surface area contributed by atoms with Crippen LogP contribution in [0.2, 0.25) is 0 Å². The van der Waals surface area contributed by atoms with Gasteiger partial charge in [-0.25, -0.2) is 9.37 Å². The Morgan fingerprint density at radius 2 is 1.88 bits per heavy atom. The molecule has 0 spiro atoms. The van der Waals surface area contributed by atoms with E-state index in [0.717, 1.165) is 18.3 Å². The fraction of sp³-hybridized carbons (Fsp3) is 0.227. The Morgan fingerprint density at radius 1 is 1.12 bits per heavy atom. The first-order valence-corrected chi connectivity index (χ1v) is 9.74. The molecule has 2 aromatic heterocycles. The van der Waals surface area contributed by atoms with Crippen molar-refractivity contribution in [2.45, 2.75) is 26.3 Å². The summed E-state index contributed by atoms with van der Waals surface area (Å²) in [5.41, 5.74) is 1.17. The molecule has 0 fully saturated rings. The van der Waals surface area contributed by atoms with Gasteiger partial charge >= 0.3 is 12.8 Å². The van der Waals surface area contributed by atoms with Crippen LogP contribution in [0.1, 0.15) is 21.5 Å². The van der Waals surface area contributed by atoms with Crippen molar-refractivity contribution in [1.82, 2.24) is 9.97 Å². The van der Waals surface area contributed by atoms with Crippen LogP contribution in [0.3, 0.4) is 0 Å². The standard InChI is InChI=1S/C22H15F6N3O3/c1-11-6-13(34-21(24)25)8-30-19(11)31-9-16-14(20(31)32)4-5-29-18(16)15-3-2-12(23)7-17(15)33-10-22(26,27)28/h2-8,21H,9-10H2,1H3. The number of anilines is 1. The fourth-order valence-corrected chi connectivity index (χ4v) is 3.59. The molecule has 0 radical (unpaired) electrons. The van der Waals surface area contributed by atoms with Crippen LogP contribution in [0.25, 0.3) is 11.3 Å². The van der Waals surface area contributed by atoms with Crippen LogP contribution >= 0.6 is 0 Å². The maximum Gasteiger partial charge on any atom is 0.422 e. The Morgan fingerprint density at radius 3 is 2.56 bits per heavy atom. The van der Waals surface area contributed by atoms with Gasteiger partial charge in [-0.3, -0.25) is 14.7 Å². The van der Waals surface area contributed by atoms with E-state index in [4.69, 9.17) is 4.74 Å². The summed E-state index contributed by atoms with van der Waals surface area (Å²) in [4.78, 5) is 22.6. The lowest BCUT2D eigenvalue weighted by Crippen LogP contribution is -2.25. The second kappa shape index (κ2) is 8.84. The zero-order chi connectivity index (χ0) is 24.6. The summed E-state index contributed by atoms with van der Waals surface area (Å²) in [6.07, 6.45) is -2.30. The number of aromatic nitrogens is 2. The minimum Gasteiger partial charge on any atom is -0.483 e. The van der Waals surface area contributed by atoms with Gasteiger partial charge in [0.25, 0.3) is 5.91 Å². The van der Waals surface area contributed by atoms with Gasteiger partial charge in [-0.15, -0.1) is 0 Å². The van der Waals surface area contributed by atoms with Crippen molar-refractivity contribution in [2.24, 2.45) is 0 Å². The van der Waals surface area contributed by atoms with E-state index in [0.29, 0.717) is 11.1 Å². The highest BCUT2D eigenvalue weighted by molar-refractivity contribution is 6.11. The second-order valence-corrected chi connectivity index (χ2v) is 7.31. The first kappa shape index (κ1) is 23.3. The zero-order valence-electron chi connectivity index (χ0n) is 17.4. The van der Waals surface area contributed by atoms with E-state index in [2.05, 4.69) is 14.7 Å². The molecule has 34 heavy (non-hydrogen) atoms. The average molecular weight is 483 g/mol. The van der Waals surface area contributed by atoms with Crippen LogP contribution in [0.4, 0.5) is 32.2 Å². The molecule has 1 aliphatic heterocycles. The molecule has 0 aliphatic carbocycles. The maximum atomic E-state index is 13.7. The van der Waals surface area contributed by atoms with Crippen LogP contribution < -0.4 is 14.4 Å². The number of ether oxygens (including phenoxy) is 2. The topological polar surface area (TPSA) is 64.6 Å². The number of nitrogens with zero attached hydrogens (tertiary/aromatic N) is 3. The van der Waals surface area contributed by atoms with Gasteiger partial charge in [0.05, 0.1) is 18.4 Å². The Labute approximate surface area is 188 Å². The number of carbonyl (C=O) groups is 1. The van der Waals surface area contributed by atoms with Crippen molar-refractivity contribution in [3.63, 3.8) is 0 Å². The van der Waals surface area contributed by atoms with Gasteiger partial charge in [-0.1, -0.05) is 0 Å². The fourth-order valence-electron chi connectivity index (χ4n) is 3.59. The van der Waals surface area contributed by atoms with Gasteiger partial charge < -0.3 is 9.47 Å². The number of carbonyl (C=O) groups excluding carboxylic acids is 1. The quantitative estimate of drug-likeness (QED) is 0.446. The van der Waals surface area contributed by atoms with Gasteiger partial charge in [0.15, 0.2) is 6.61 Å². The third-order valence-corrected chi connectivity index (χ3v) is 4.94. The van der Waals surface area contributed by atoms with Gasteiger partial charge in [0.2, 0.25) is 0 Å². The summed E-state index contributed by atoms with van der Waals surface area (Å²) < 4.78 is 85.8. The minimum absolute atomic E-state index is 0.0592. The summed E-state index contributed by atoms with van der Waals surface area (Å²) in [6, 6.07) is 5.80. The third kappa shape index (κ3) is 4.75. The predicted molar refractivity (Wildman–Crippen MR) is 107 cm³/mol. The SMILES string of the molecule is Cc1cc(OC(F)F)cnc1N1Cc2c(ccnc2-c2ccc(F)cc2OCC(F)(F)F)C1=O. The van der Waals surface area contributed by atoms with Crippen molar-refractivity contribution in [3.8, 4) is 22.8 Å². The van der Waals surface area contributed by atoms with Crippen molar-refractivity contribution in [3.05, 3.63) is 65.2 Å². The normalized spacial score (nSPS) is 13.4. The van der Waals surface area contributed by atoms with E-state index in [1.807, 2.05) is 0 Å². The number of halogens is 6. The molecule has 0 bridgehead atoms. The minimum atomic E-state index is -4.65. The van der Waals surface area contributed by atoms with Gasteiger partial charge in [0, 0.05) is 29.0 Å². The number of hydrogen-bond acceptors (Lipinski definition) is 5. The summed E-state index contributed by atoms with van der Waals surface area (Å²) in [5, 5.41) is 0. The lowest BCUT2D eigenvalue weighted by atomic mass is 10.0. The molecule has 1 aliphatic rings. The van der Waals surface area contributed by atoms with E-state index in [1.54, 1.807) is 6.92 Å². The van der Waals surface area contributed by atoms with Crippen molar-refractivity contribution >= 4 is 11.7 Å². The Balaban J connectivity index is 1.71. The highest BCUT2D eigenvalue weighted by Crippen LogP contribution is 2.38. The number of alkyl halides is 5. The zero-order valence-corrected chi connectivity index (χ0v) is 17.4. The highest BCUT2D eigenvalue weighted by atomic mass is 19.4. The molecule has 6 nitrogen and oxygen atoms in total. The molecule has 0 atom stereocenters. The molecular formula is C22H15F6N3O3. The van der Waals surface area contributed by atoms with Crippen LogP contribution in [-0.4, -0.2) is 35.3 Å². The van der Waals surface area contributed by atoms with E-state index >= 15 is 0 Å². The number of amides is 1. The molecule has 0 unspecified atom stereocenters. The van der Waals surface area contributed by atoms with E-state index in [9.17, 15) is 31.1 Å². The largest absolute Gasteiger partial charge is 0.483 e. The molecule has 178 valence electrons. The number of hydrogen-bond donors (Lipinski definition) is 0. The van der Waals surface area contributed by atoms with E-state index < -0.39 is 31.1 Å². The number of benzene rings is 1. The van der Waals surface area contributed by atoms with E-state index in [1.165, 1.54) is 29.3 Å². The van der Waals surface area contributed by atoms with Crippen molar-refractivity contribution in [1.29, 1.82) is 0 Å². The lowest BCUT2D eigenvalue weighted by Gasteiger charge is -2.18. The van der Waals surface area contributed by atoms with Crippen LogP contribution in [0, 0.1) is 12.7 Å². The number of fused-ring (bicyclic) bond motifs is 1. The molecular weight excluding hydrogens is 468 g/mol. The molecule has 12 heteroatoms. The Hall–Kier alpha value is -3.83. The van der Waals surface area contributed by atoms with Crippen molar-refractivity contribution < 1.29 is 40.6 Å². The highest BCUT2D eigenvalue weighted by Gasteiger charge is 2.34. The molecule has 3 heterocycles. The van der Waals surface area contributed by atoms with Gasteiger partial charge in [-0.2, -0.15) is 22.0 Å². The second-order valence-electron chi connectivity index (χ2n) is 7.31. The summed E-state index contributed by atoms with van der Waals surface area (Å²) >= 11 is 0. The number of rotatable bonds is 6. The Kier molecular flexibility index (Phi) is 6.07. The van der Waals surface area contributed by atoms with Crippen LogP contribution in [-0.2, 0) is 6.54 Å². The maximum absolute atomic E-state index is 13.7. The third-order valence-electron chi connectivity index (χ3n) is 4.94. The predicted octanol–water partition coefficient (Wildman–Crippen LogP) is 5.29. The lowest BCUT2D eigenvalue weighted by molar-refractivity contribution is -0.153. The molecule has 4 rings (SSSR count). The van der Waals surface area contributed by atoms with Crippen LogP contribution in [0.15, 0.2) is 42.7 Å². The number of aryl methyl sites for hydroxylation is 1. The molecule has 1 amide bonds.